The van der Waals surface area contributed by atoms with Crippen molar-refractivity contribution < 1.29 is 9.50 Å². The molecule has 0 aliphatic rings. The van der Waals surface area contributed by atoms with E-state index in [1.165, 1.54) is 39.8 Å². The lowest BCUT2D eigenvalue weighted by Crippen LogP contribution is -2.24. The number of nitrogens with zero attached hydrogens (tertiary/aromatic N) is 3. The second kappa shape index (κ2) is 4.86. The van der Waals surface area contributed by atoms with Crippen LogP contribution in [0, 0.1) is 5.82 Å². The van der Waals surface area contributed by atoms with Gasteiger partial charge in [-0.25, -0.2) is 4.39 Å². The molecule has 0 saturated heterocycles. The number of benzene rings is 1. The predicted molar refractivity (Wildman–Crippen MR) is 72.9 cm³/mol. The first-order chi connectivity index (χ1) is 10.1. The number of aromatic nitrogens is 3. The van der Waals surface area contributed by atoms with E-state index in [4.69, 9.17) is 0 Å². The Morgan fingerprint density at radius 1 is 1.14 bits per heavy atom. The zero-order valence-electron chi connectivity index (χ0n) is 10.7. The number of fused-ring (bicyclic) bond motifs is 1. The average Bonchev–Trinajstić information content (AvgIpc) is 2.48. The molecule has 0 saturated carbocycles. The number of hydrogen-bond acceptors (Lipinski definition) is 4. The average molecular weight is 287 g/mol. The molecule has 0 bridgehead atoms. The van der Waals surface area contributed by atoms with Crippen LogP contribution in [0.4, 0.5) is 4.39 Å². The van der Waals surface area contributed by atoms with Crippen LogP contribution < -0.4 is 11.1 Å². The van der Waals surface area contributed by atoms with Crippen molar-refractivity contribution >= 4 is 5.52 Å². The van der Waals surface area contributed by atoms with E-state index in [1.807, 2.05) is 0 Å². The summed E-state index contributed by atoms with van der Waals surface area (Å²) >= 11 is 0. The summed E-state index contributed by atoms with van der Waals surface area (Å²) in [6, 6.07) is 5.72. The van der Waals surface area contributed by atoms with Gasteiger partial charge in [0, 0.05) is 12.4 Å². The van der Waals surface area contributed by atoms with Gasteiger partial charge in [0.15, 0.2) is 5.52 Å². The fraction of sp³-hybridized carbons (Fsp3) is 0.0714. The van der Waals surface area contributed by atoms with Crippen molar-refractivity contribution in [1.29, 1.82) is 0 Å². The summed E-state index contributed by atoms with van der Waals surface area (Å²) in [6.07, 6.45) is 4.18. The lowest BCUT2D eigenvalue weighted by Gasteiger charge is -2.08. The molecule has 0 aliphatic carbocycles. The zero-order chi connectivity index (χ0) is 15.0. The quantitative estimate of drug-likeness (QED) is 0.754. The highest BCUT2D eigenvalue weighted by molar-refractivity contribution is 5.55. The van der Waals surface area contributed by atoms with Gasteiger partial charge in [0.2, 0.25) is 5.75 Å². The predicted octanol–water partition coefficient (Wildman–Crippen LogP) is 0.749. The highest BCUT2D eigenvalue weighted by Crippen LogP contribution is 2.08. The van der Waals surface area contributed by atoms with Gasteiger partial charge in [0.25, 0.3) is 5.56 Å². The molecule has 0 aliphatic heterocycles. The first kappa shape index (κ1) is 13.0. The monoisotopic (exact) mass is 287 g/mol. The molecule has 3 rings (SSSR count). The van der Waals surface area contributed by atoms with Crippen LogP contribution in [0.15, 0.2) is 52.6 Å². The van der Waals surface area contributed by atoms with Gasteiger partial charge in [-0.2, -0.15) is 4.98 Å². The smallest absolute Gasteiger partial charge is 0.315 e. The summed E-state index contributed by atoms with van der Waals surface area (Å²) in [5, 5.41) is 9.71. The Kier molecular flexibility index (Phi) is 3.02. The van der Waals surface area contributed by atoms with Gasteiger partial charge in [0.05, 0.1) is 6.54 Å². The lowest BCUT2D eigenvalue weighted by atomic mass is 10.2. The summed E-state index contributed by atoms with van der Waals surface area (Å²) in [5.41, 5.74) is -0.802. The number of hydrogen-bond donors (Lipinski definition) is 1. The third-order valence-electron chi connectivity index (χ3n) is 3.12. The van der Waals surface area contributed by atoms with Crippen molar-refractivity contribution in [3.8, 4) is 5.75 Å². The van der Waals surface area contributed by atoms with Gasteiger partial charge in [-0.3, -0.25) is 14.0 Å². The zero-order valence-corrected chi connectivity index (χ0v) is 10.7. The molecule has 2 aromatic heterocycles. The molecule has 0 spiro atoms. The Bertz CT molecular complexity index is 929. The fourth-order valence-corrected chi connectivity index (χ4v) is 2.05. The molecule has 0 fully saturated rings. The van der Waals surface area contributed by atoms with E-state index < -0.39 is 16.9 Å². The summed E-state index contributed by atoms with van der Waals surface area (Å²) in [7, 11) is 0. The SMILES string of the molecule is O=c1ncn2ccn(Cc3ccc(F)cc3)c(=O)c2c1O. The molecule has 7 heteroatoms. The third-order valence-corrected chi connectivity index (χ3v) is 3.12. The van der Waals surface area contributed by atoms with E-state index in [0.29, 0.717) is 0 Å². The first-order valence-corrected chi connectivity index (χ1v) is 6.10. The molecule has 1 aromatic carbocycles. The second-order valence-corrected chi connectivity index (χ2v) is 4.51. The van der Waals surface area contributed by atoms with Crippen LogP contribution in [0.5, 0.6) is 5.75 Å². The van der Waals surface area contributed by atoms with Gasteiger partial charge in [-0.05, 0) is 17.7 Å². The van der Waals surface area contributed by atoms with E-state index in [-0.39, 0.29) is 17.9 Å². The van der Waals surface area contributed by atoms with Crippen LogP contribution in [0.3, 0.4) is 0 Å². The van der Waals surface area contributed by atoms with Crippen LogP contribution in [-0.2, 0) is 6.54 Å². The Labute approximate surface area is 117 Å². The van der Waals surface area contributed by atoms with E-state index in [1.54, 1.807) is 12.1 Å². The summed E-state index contributed by atoms with van der Waals surface area (Å²) in [5.74, 6) is -1.05. The number of aromatic hydroxyl groups is 1. The largest absolute Gasteiger partial charge is 0.501 e. The van der Waals surface area contributed by atoms with Crippen molar-refractivity contribution in [2.24, 2.45) is 0 Å². The summed E-state index contributed by atoms with van der Waals surface area (Å²) in [4.78, 5) is 27.1. The van der Waals surface area contributed by atoms with Crippen LogP contribution >= 0.6 is 0 Å². The molecular weight excluding hydrogens is 277 g/mol. The molecule has 106 valence electrons. The van der Waals surface area contributed by atoms with Crippen molar-refractivity contribution in [3.05, 3.63) is 75.1 Å². The van der Waals surface area contributed by atoms with E-state index in [0.717, 1.165) is 5.56 Å². The molecule has 3 aromatic rings. The first-order valence-electron chi connectivity index (χ1n) is 6.10. The van der Waals surface area contributed by atoms with Gasteiger partial charge >= 0.3 is 5.56 Å². The highest BCUT2D eigenvalue weighted by Gasteiger charge is 2.11. The second-order valence-electron chi connectivity index (χ2n) is 4.51. The van der Waals surface area contributed by atoms with E-state index in [2.05, 4.69) is 4.98 Å². The maximum atomic E-state index is 12.9. The van der Waals surface area contributed by atoms with Crippen LogP contribution in [-0.4, -0.2) is 19.1 Å². The molecule has 1 N–H and O–H groups in total. The molecule has 21 heavy (non-hydrogen) atoms. The van der Waals surface area contributed by atoms with Gasteiger partial charge in [0.1, 0.15) is 12.1 Å². The Hall–Kier alpha value is -2.96. The Balaban J connectivity index is 2.14. The van der Waals surface area contributed by atoms with Crippen molar-refractivity contribution in [1.82, 2.24) is 14.0 Å². The van der Waals surface area contributed by atoms with Crippen molar-refractivity contribution in [2.75, 3.05) is 0 Å². The highest BCUT2D eigenvalue weighted by atomic mass is 19.1. The Morgan fingerprint density at radius 2 is 1.86 bits per heavy atom. The minimum absolute atomic E-state index is 0.139. The molecule has 0 radical (unpaired) electrons. The van der Waals surface area contributed by atoms with Gasteiger partial charge in [-0.15, -0.1) is 0 Å². The van der Waals surface area contributed by atoms with Crippen LogP contribution in [0.25, 0.3) is 5.52 Å². The van der Waals surface area contributed by atoms with Crippen molar-refractivity contribution in [3.63, 3.8) is 0 Å². The standard InChI is InChI=1S/C14H10FN3O3/c15-10-3-1-9(2-4-10)7-17-5-6-18-8-16-13(20)12(19)11(18)14(17)21/h1-6,8,19H,7H2. The normalized spacial score (nSPS) is 10.9. The topological polar surface area (TPSA) is 76.6 Å². The minimum Gasteiger partial charge on any atom is -0.501 e. The molecule has 2 heterocycles. The molecule has 6 nitrogen and oxygen atoms in total. The molecular formula is C14H10FN3O3. The maximum Gasteiger partial charge on any atom is 0.315 e. The summed E-state index contributed by atoms with van der Waals surface area (Å²) in [6.45, 7) is 0.200. The van der Waals surface area contributed by atoms with E-state index in [9.17, 15) is 19.1 Å². The molecule has 0 unspecified atom stereocenters. The van der Waals surface area contributed by atoms with Gasteiger partial charge in [-0.1, -0.05) is 12.1 Å². The Morgan fingerprint density at radius 3 is 2.57 bits per heavy atom. The summed E-state index contributed by atoms with van der Waals surface area (Å²) < 4.78 is 15.5. The van der Waals surface area contributed by atoms with Crippen molar-refractivity contribution in [2.45, 2.75) is 6.54 Å². The van der Waals surface area contributed by atoms with Crippen LogP contribution in [0.1, 0.15) is 5.56 Å². The third kappa shape index (κ3) is 2.29. The number of halogens is 1. The van der Waals surface area contributed by atoms with E-state index >= 15 is 0 Å². The molecule has 0 amide bonds. The maximum absolute atomic E-state index is 12.9. The minimum atomic E-state index is -0.855. The van der Waals surface area contributed by atoms with Crippen LogP contribution in [0.2, 0.25) is 0 Å². The fourth-order valence-electron chi connectivity index (χ4n) is 2.05. The molecule has 0 atom stereocenters. The van der Waals surface area contributed by atoms with Gasteiger partial charge < -0.3 is 9.67 Å². The lowest BCUT2D eigenvalue weighted by molar-refractivity contribution is 0.468. The number of rotatable bonds is 2.